The molecule has 3 aliphatic heterocycles. The van der Waals surface area contributed by atoms with Gasteiger partial charge in [0.05, 0.1) is 47.7 Å². The molecule has 0 N–H and O–H groups in total. The van der Waals surface area contributed by atoms with Gasteiger partial charge >= 0.3 is 12.1 Å². The molecule has 1 unspecified atom stereocenters. The fourth-order valence-electron chi connectivity index (χ4n) is 7.26. The molecule has 14 heteroatoms. The first-order valence-electron chi connectivity index (χ1n) is 16.8. The molecule has 2 aromatic heterocycles. The summed E-state index contributed by atoms with van der Waals surface area (Å²) in [5.74, 6) is -1.01. The van der Waals surface area contributed by atoms with Crippen molar-refractivity contribution in [2.45, 2.75) is 57.2 Å². The molecule has 0 spiro atoms. The van der Waals surface area contributed by atoms with E-state index in [-0.39, 0.29) is 53.9 Å². The van der Waals surface area contributed by atoms with Crippen LogP contribution >= 0.6 is 11.6 Å². The van der Waals surface area contributed by atoms with Gasteiger partial charge in [0.15, 0.2) is 5.82 Å². The molecule has 3 saturated heterocycles. The van der Waals surface area contributed by atoms with E-state index in [4.69, 9.17) is 30.8 Å². The summed E-state index contributed by atoms with van der Waals surface area (Å²) in [4.78, 5) is 32.8. The number of halogens is 3. The highest BCUT2D eigenvalue weighted by Gasteiger charge is 2.44. The molecule has 0 radical (unpaired) electrons. The van der Waals surface area contributed by atoms with Crippen LogP contribution in [0.25, 0.3) is 32.9 Å². The van der Waals surface area contributed by atoms with Gasteiger partial charge < -0.3 is 24.0 Å². The van der Waals surface area contributed by atoms with Crippen molar-refractivity contribution in [3.63, 3.8) is 0 Å². The number of ether oxygens (including phenoxy) is 3. The van der Waals surface area contributed by atoms with E-state index in [1.807, 2.05) is 4.90 Å². The van der Waals surface area contributed by atoms with Crippen LogP contribution in [0.1, 0.15) is 40.0 Å². The van der Waals surface area contributed by atoms with E-state index in [1.165, 1.54) is 12.3 Å². The summed E-state index contributed by atoms with van der Waals surface area (Å²) in [6.07, 6.45) is 2.93. The lowest BCUT2D eigenvalue weighted by Gasteiger charge is -2.42. The topological polar surface area (TPSA) is 117 Å². The van der Waals surface area contributed by atoms with Crippen molar-refractivity contribution >= 4 is 45.2 Å². The van der Waals surface area contributed by atoms with Crippen LogP contribution in [0.2, 0.25) is 5.02 Å². The maximum Gasteiger partial charge on any atom is 0.410 e. The molecule has 5 heterocycles. The predicted octanol–water partition coefficient (Wildman–Crippen LogP) is 6.36. The van der Waals surface area contributed by atoms with Gasteiger partial charge in [0.1, 0.15) is 35.1 Å². The number of nitrogens with zero attached hydrogens (tertiary/aromatic N) is 7. The number of anilines is 1. The Labute approximate surface area is 293 Å². The summed E-state index contributed by atoms with van der Waals surface area (Å²) in [6.45, 7) is 9.31. The van der Waals surface area contributed by atoms with E-state index in [1.54, 1.807) is 49.9 Å². The molecule has 0 saturated carbocycles. The predicted molar refractivity (Wildman–Crippen MR) is 184 cm³/mol. The number of amides is 1. The minimum Gasteiger partial charge on any atom is -0.461 e. The van der Waals surface area contributed by atoms with Gasteiger partial charge in [-0.2, -0.15) is 15.2 Å². The second-order valence-corrected chi connectivity index (χ2v) is 14.4. The molecule has 1 amide bonds. The second kappa shape index (κ2) is 13.4. The summed E-state index contributed by atoms with van der Waals surface area (Å²) < 4.78 is 49.3. The monoisotopic (exact) mass is 705 g/mol. The van der Waals surface area contributed by atoms with Crippen LogP contribution in [-0.4, -0.2) is 101 Å². The standard InChI is InChI=1S/C36H38ClF2N7O4/c1-35(2,3)50-34(47)46-15-14-44(19-23(46)10-12-40)32-25-18-41-30(24-7-4-6-22-8-9-26(38)28(37)27(22)24)29(39)31(25)42-33(43-32)49-21-36-11-5-13-45(36)16-17-48-20-36/h4,6-9,18,23H,5,10-11,13-17,19-21H2,1-3H3/t23-,36?/m0/s1. The Balaban J connectivity index is 1.31. The number of hydrogen-bond donors (Lipinski definition) is 0. The van der Waals surface area contributed by atoms with Crippen molar-refractivity contribution in [1.29, 1.82) is 5.26 Å². The van der Waals surface area contributed by atoms with Gasteiger partial charge in [-0.05, 0) is 51.6 Å². The van der Waals surface area contributed by atoms with E-state index in [9.17, 15) is 14.4 Å². The minimum absolute atomic E-state index is 0.0243. The highest BCUT2D eigenvalue weighted by molar-refractivity contribution is 6.36. The lowest BCUT2D eigenvalue weighted by Crippen LogP contribution is -2.56. The van der Waals surface area contributed by atoms with Gasteiger partial charge in [-0.15, -0.1) is 0 Å². The summed E-state index contributed by atoms with van der Waals surface area (Å²) >= 11 is 6.42. The van der Waals surface area contributed by atoms with Crippen LogP contribution in [0, 0.1) is 23.0 Å². The molecule has 4 aromatic rings. The lowest BCUT2D eigenvalue weighted by atomic mass is 9.97. The van der Waals surface area contributed by atoms with Crippen LogP contribution in [0.5, 0.6) is 6.01 Å². The summed E-state index contributed by atoms with van der Waals surface area (Å²) in [5.41, 5.74) is -0.816. The molecule has 7 rings (SSSR count). The average molecular weight is 706 g/mol. The number of hydrogen-bond acceptors (Lipinski definition) is 10. The van der Waals surface area contributed by atoms with E-state index in [0.717, 1.165) is 25.9 Å². The Morgan fingerprint density at radius 2 is 2.00 bits per heavy atom. The number of morpholine rings is 1. The summed E-state index contributed by atoms with van der Waals surface area (Å²) in [5, 5.41) is 10.8. The Bertz CT molecular complexity index is 2000. The first-order valence-corrected chi connectivity index (χ1v) is 17.2. The van der Waals surface area contributed by atoms with Gasteiger partial charge in [-0.3, -0.25) is 9.88 Å². The van der Waals surface area contributed by atoms with Crippen LogP contribution < -0.4 is 9.64 Å². The minimum atomic E-state index is -0.744. The van der Waals surface area contributed by atoms with Crippen molar-refractivity contribution in [1.82, 2.24) is 24.8 Å². The fourth-order valence-corrected chi connectivity index (χ4v) is 7.53. The third-order valence-electron chi connectivity index (χ3n) is 9.66. The second-order valence-electron chi connectivity index (χ2n) is 14.1. The normalized spacial score (nSPS) is 21.3. The maximum atomic E-state index is 16.9. The number of rotatable bonds is 6. The molecule has 50 heavy (non-hydrogen) atoms. The summed E-state index contributed by atoms with van der Waals surface area (Å²) in [7, 11) is 0. The van der Waals surface area contributed by atoms with Gasteiger partial charge in [-0.1, -0.05) is 35.9 Å². The van der Waals surface area contributed by atoms with E-state index < -0.39 is 29.4 Å². The number of nitriles is 1. The molecule has 11 nitrogen and oxygen atoms in total. The third kappa shape index (κ3) is 6.36. The number of benzene rings is 2. The molecule has 2 atom stereocenters. The number of carbonyl (C=O) groups excluding carboxylic acids is 1. The molecule has 2 aromatic carbocycles. The van der Waals surface area contributed by atoms with Crippen LogP contribution in [-0.2, 0) is 9.47 Å². The fraction of sp³-hybridized carbons (Fsp3) is 0.472. The van der Waals surface area contributed by atoms with Gasteiger partial charge in [0, 0.05) is 43.3 Å². The lowest BCUT2D eigenvalue weighted by molar-refractivity contribution is -0.0664. The molecular formula is C36H38ClF2N7O4. The Morgan fingerprint density at radius 3 is 2.80 bits per heavy atom. The van der Waals surface area contributed by atoms with Crippen LogP contribution in [0.4, 0.5) is 19.4 Å². The van der Waals surface area contributed by atoms with Crippen LogP contribution in [0.3, 0.4) is 0 Å². The Kier molecular flexibility index (Phi) is 9.13. The first kappa shape index (κ1) is 34.1. The molecule has 3 aliphatic rings. The van der Waals surface area contributed by atoms with E-state index >= 15 is 4.39 Å². The summed E-state index contributed by atoms with van der Waals surface area (Å²) in [6, 6.07) is 9.63. The Hall–Kier alpha value is -4.38. The highest BCUT2D eigenvalue weighted by atomic mass is 35.5. The molecule has 0 aliphatic carbocycles. The largest absolute Gasteiger partial charge is 0.461 e. The van der Waals surface area contributed by atoms with Crippen molar-refractivity contribution < 1.29 is 27.8 Å². The number of pyridine rings is 1. The maximum absolute atomic E-state index is 16.9. The zero-order chi connectivity index (χ0) is 35.2. The zero-order valence-corrected chi connectivity index (χ0v) is 29.0. The molecule has 0 bridgehead atoms. The zero-order valence-electron chi connectivity index (χ0n) is 28.2. The number of piperazine rings is 1. The van der Waals surface area contributed by atoms with Gasteiger partial charge in [0.2, 0.25) is 0 Å². The number of fused-ring (bicyclic) bond motifs is 3. The third-order valence-corrected chi connectivity index (χ3v) is 10.0. The van der Waals surface area contributed by atoms with Crippen molar-refractivity contribution in [3.8, 4) is 23.3 Å². The molecule has 262 valence electrons. The average Bonchev–Trinajstić information content (AvgIpc) is 3.52. The molecule has 3 fully saturated rings. The number of aromatic nitrogens is 3. The Morgan fingerprint density at radius 1 is 1.16 bits per heavy atom. The van der Waals surface area contributed by atoms with Crippen molar-refractivity contribution in [2.75, 3.05) is 57.4 Å². The van der Waals surface area contributed by atoms with Crippen molar-refractivity contribution in [3.05, 3.63) is 53.2 Å². The van der Waals surface area contributed by atoms with Crippen LogP contribution in [0.15, 0.2) is 36.5 Å². The number of carbonyl (C=O) groups is 1. The quantitative estimate of drug-likeness (QED) is 0.224. The first-order chi connectivity index (χ1) is 24.0. The van der Waals surface area contributed by atoms with E-state index in [0.29, 0.717) is 47.3 Å². The van der Waals surface area contributed by atoms with Gasteiger partial charge in [0.25, 0.3) is 0 Å². The smallest absolute Gasteiger partial charge is 0.410 e. The SMILES string of the molecule is CC(C)(C)OC(=O)N1CCN(c2nc(OCC34CCCN3CCOC4)nc3c(F)c(-c4cccc5ccc(F)c(Cl)c45)ncc23)C[C@@H]1CC#N. The van der Waals surface area contributed by atoms with E-state index in [2.05, 4.69) is 20.9 Å². The highest BCUT2D eigenvalue weighted by Crippen LogP contribution is 2.39. The molecular weight excluding hydrogens is 668 g/mol. The van der Waals surface area contributed by atoms with Gasteiger partial charge in [-0.25, -0.2) is 13.6 Å². The van der Waals surface area contributed by atoms with Crippen molar-refractivity contribution in [2.24, 2.45) is 0 Å².